The Bertz CT molecular complexity index is 295. The fourth-order valence-corrected chi connectivity index (χ4v) is 2.96. The highest BCUT2D eigenvalue weighted by atomic mass is 16.5. The zero-order valence-corrected chi connectivity index (χ0v) is 11.3. The smallest absolute Gasteiger partial charge is 0.223 e. The highest BCUT2D eigenvalue weighted by Crippen LogP contribution is 2.40. The Hall–Kier alpha value is -0.570. The number of carbonyl (C=O) groups excluding carboxylic acids is 1. The van der Waals surface area contributed by atoms with E-state index in [2.05, 4.69) is 26.1 Å². The summed E-state index contributed by atoms with van der Waals surface area (Å²) < 4.78 is 5.21. The van der Waals surface area contributed by atoms with Gasteiger partial charge in [-0.25, -0.2) is 0 Å². The molecule has 1 saturated heterocycles. The zero-order valence-electron chi connectivity index (χ0n) is 11.3. The normalized spacial score (nSPS) is 30.4. The third-order valence-electron chi connectivity index (χ3n) is 4.41. The molecule has 0 aromatic carbocycles. The Morgan fingerprint density at radius 3 is 2.53 bits per heavy atom. The minimum absolute atomic E-state index is 0.166. The van der Waals surface area contributed by atoms with Crippen molar-refractivity contribution in [3.63, 3.8) is 0 Å². The molecule has 2 rings (SSSR count). The number of ether oxygens (including phenoxy) is 1. The fraction of sp³-hybridized carbons (Fsp3) is 0.929. The van der Waals surface area contributed by atoms with Crippen molar-refractivity contribution in [2.75, 3.05) is 19.8 Å². The highest BCUT2D eigenvalue weighted by molar-refractivity contribution is 5.79. The first-order valence-electron chi connectivity index (χ1n) is 6.78. The monoisotopic (exact) mass is 239 g/mol. The summed E-state index contributed by atoms with van der Waals surface area (Å²) in [7, 11) is 0. The van der Waals surface area contributed by atoms with Gasteiger partial charge in [0.1, 0.15) is 0 Å². The molecule has 17 heavy (non-hydrogen) atoms. The highest BCUT2D eigenvalue weighted by Gasteiger charge is 2.39. The molecular formula is C14H25NO2. The maximum Gasteiger partial charge on any atom is 0.223 e. The Morgan fingerprint density at radius 2 is 2.00 bits per heavy atom. The predicted octanol–water partition coefficient (Wildman–Crippen LogP) is 2.36. The Labute approximate surface area is 104 Å². The van der Waals surface area contributed by atoms with Crippen molar-refractivity contribution in [1.29, 1.82) is 0 Å². The van der Waals surface area contributed by atoms with Gasteiger partial charge in [-0.15, -0.1) is 0 Å². The quantitative estimate of drug-likeness (QED) is 0.821. The summed E-state index contributed by atoms with van der Waals surface area (Å²) in [5.41, 5.74) is 0.341. The molecule has 0 aromatic rings. The maximum atomic E-state index is 12.2. The van der Waals surface area contributed by atoms with E-state index in [0.717, 1.165) is 26.2 Å². The summed E-state index contributed by atoms with van der Waals surface area (Å²) in [5, 5.41) is 3.13. The van der Waals surface area contributed by atoms with Crippen LogP contribution in [0.1, 0.15) is 46.5 Å². The molecule has 2 fully saturated rings. The topological polar surface area (TPSA) is 38.3 Å². The van der Waals surface area contributed by atoms with E-state index < -0.39 is 0 Å². The summed E-state index contributed by atoms with van der Waals surface area (Å²) in [6.45, 7) is 8.94. The molecule has 3 nitrogen and oxygen atoms in total. The van der Waals surface area contributed by atoms with Crippen molar-refractivity contribution in [3.05, 3.63) is 0 Å². The van der Waals surface area contributed by atoms with E-state index in [4.69, 9.17) is 4.74 Å². The van der Waals surface area contributed by atoms with E-state index in [1.165, 1.54) is 19.3 Å². The van der Waals surface area contributed by atoms with Gasteiger partial charge in [0.15, 0.2) is 0 Å². The number of rotatable bonds is 3. The number of amides is 1. The third kappa shape index (κ3) is 2.82. The molecule has 0 radical (unpaired) electrons. The van der Waals surface area contributed by atoms with E-state index in [9.17, 15) is 4.79 Å². The fourth-order valence-electron chi connectivity index (χ4n) is 2.96. The molecule has 1 unspecified atom stereocenters. The second kappa shape index (κ2) is 4.60. The van der Waals surface area contributed by atoms with Gasteiger partial charge in [-0.1, -0.05) is 33.6 Å². The van der Waals surface area contributed by atoms with Gasteiger partial charge < -0.3 is 10.1 Å². The molecule has 0 aromatic heterocycles. The third-order valence-corrected chi connectivity index (χ3v) is 4.41. The first-order chi connectivity index (χ1) is 7.93. The van der Waals surface area contributed by atoms with Gasteiger partial charge >= 0.3 is 0 Å². The minimum atomic E-state index is 0.166. The van der Waals surface area contributed by atoms with Gasteiger partial charge in [0, 0.05) is 17.9 Å². The molecule has 2 aliphatic rings. The first kappa shape index (κ1) is 12.9. The van der Waals surface area contributed by atoms with Crippen molar-refractivity contribution in [3.8, 4) is 0 Å². The molecule has 1 saturated carbocycles. The Morgan fingerprint density at radius 1 is 1.29 bits per heavy atom. The molecule has 1 aliphatic carbocycles. The summed E-state index contributed by atoms with van der Waals surface area (Å²) in [4.78, 5) is 12.2. The van der Waals surface area contributed by atoms with Gasteiger partial charge in [0.2, 0.25) is 5.91 Å². The summed E-state index contributed by atoms with van der Waals surface area (Å²) in [6, 6.07) is 0. The largest absolute Gasteiger partial charge is 0.380 e. The van der Waals surface area contributed by atoms with Crippen molar-refractivity contribution >= 4 is 5.91 Å². The standard InChI is InChI=1S/C14H25NO2/c1-13(2)7-5-4-6-11(13)12(16)15-8-14(3)9-17-10-14/h11H,4-10H2,1-3H3,(H,15,16). The van der Waals surface area contributed by atoms with Crippen LogP contribution in [0.5, 0.6) is 0 Å². The van der Waals surface area contributed by atoms with Gasteiger partial charge in [-0.05, 0) is 18.3 Å². The van der Waals surface area contributed by atoms with Crippen LogP contribution in [0.3, 0.4) is 0 Å². The lowest BCUT2D eigenvalue weighted by atomic mass is 9.68. The minimum Gasteiger partial charge on any atom is -0.380 e. The Balaban J connectivity index is 1.86. The van der Waals surface area contributed by atoms with Crippen LogP contribution in [-0.2, 0) is 9.53 Å². The van der Waals surface area contributed by atoms with E-state index >= 15 is 0 Å². The zero-order chi connectivity index (χ0) is 12.5. The summed E-state index contributed by atoms with van der Waals surface area (Å²) in [5.74, 6) is 0.448. The van der Waals surface area contributed by atoms with Crippen molar-refractivity contribution in [2.45, 2.75) is 46.5 Å². The first-order valence-corrected chi connectivity index (χ1v) is 6.78. The van der Waals surface area contributed by atoms with Crippen LogP contribution in [0.2, 0.25) is 0 Å². The van der Waals surface area contributed by atoms with Crippen LogP contribution >= 0.6 is 0 Å². The number of carbonyl (C=O) groups is 1. The Kier molecular flexibility index (Phi) is 3.48. The van der Waals surface area contributed by atoms with Crippen LogP contribution in [0.15, 0.2) is 0 Å². The molecule has 1 amide bonds. The van der Waals surface area contributed by atoms with Crippen LogP contribution in [0.25, 0.3) is 0 Å². The van der Waals surface area contributed by atoms with Gasteiger partial charge in [0.05, 0.1) is 13.2 Å². The van der Waals surface area contributed by atoms with Crippen molar-refractivity contribution in [2.24, 2.45) is 16.7 Å². The van der Waals surface area contributed by atoms with Gasteiger partial charge in [0.25, 0.3) is 0 Å². The predicted molar refractivity (Wildman–Crippen MR) is 67.7 cm³/mol. The van der Waals surface area contributed by atoms with Crippen LogP contribution in [0, 0.1) is 16.7 Å². The second-order valence-corrected chi connectivity index (χ2v) is 6.81. The van der Waals surface area contributed by atoms with Crippen LogP contribution in [0.4, 0.5) is 0 Å². The van der Waals surface area contributed by atoms with E-state index in [1.54, 1.807) is 0 Å². The van der Waals surface area contributed by atoms with Crippen LogP contribution in [-0.4, -0.2) is 25.7 Å². The van der Waals surface area contributed by atoms with Gasteiger partial charge in [-0.2, -0.15) is 0 Å². The van der Waals surface area contributed by atoms with E-state index in [1.807, 2.05) is 0 Å². The number of hydrogen-bond donors (Lipinski definition) is 1. The molecule has 1 N–H and O–H groups in total. The maximum absolute atomic E-state index is 12.2. The van der Waals surface area contributed by atoms with E-state index in [-0.39, 0.29) is 22.7 Å². The molecular weight excluding hydrogens is 214 g/mol. The molecule has 1 atom stereocenters. The number of nitrogens with one attached hydrogen (secondary N) is 1. The van der Waals surface area contributed by atoms with Crippen molar-refractivity contribution < 1.29 is 9.53 Å². The van der Waals surface area contributed by atoms with Gasteiger partial charge in [-0.3, -0.25) is 4.79 Å². The van der Waals surface area contributed by atoms with E-state index in [0.29, 0.717) is 0 Å². The average Bonchev–Trinajstić information content (AvgIpc) is 2.22. The lowest BCUT2D eigenvalue weighted by Gasteiger charge is -2.41. The molecule has 1 aliphatic heterocycles. The second-order valence-electron chi connectivity index (χ2n) is 6.81. The summed E-state index contributed by atoms with van der Waals surface area (Å²) in [6.07, 6.45) is 4.68. The lowest BCUT2D eigenvalue weighted by Crippen LogP contribution is -2.51. The number of hydrogen-bond acceptors (Lipinski definition) is 2. The molecule has 0 bridgehead atoms. The average molecular weight is 239 g/mol. The molecule has 0 spiro atoms. The molecule has 98 valence electrons. The van der Waals surface area contributed by atoms with Crippen LogP contribution < -0.4 is 5.32 Å². The lowest BCUT2D eigenvalue weighted by molar-refractivity contribution is -0.135. The SMILES string of the molecule is CC1(CNC(=O)C2CCCCC2(C)C)COC1. The molecule has 3 heteroatoms. The molecule has 1 heterocycles. The van der Waals surface area contributed by atoms with Crippen molar-refractivity contribution in [1.82, 2.24) is 5.32 Å². The summed E-state index contributed by atoms with van der Waals surface area (Å²) >= 11 is 0.